The SMILES string of the molecule is O=C(c1cc(Br)ccc1Cl)N1CC2CCCC(C2)C1. The molecule has 0 aromatic heterocycles. The average Bonchev–Trinajstić information content (AvgIpc) is 2.40. The van der Waals surface area contributed by atoms with Gasteiger partial charge in [0.2, 0.25) is 0 Å². The molecule has 1 aromatic carbocycles. The van der Waals surface area contributed by atoms with E-state index < -0.39 is 0 Å². The molecule has 19 heavy (non-hydrogen) atoms. The maximum atomic E-state index is 12.6. The smallest absolute Gasteiger partial charge is 0.255 e. The molecule has 2 unspecified atom stereocenters. The third kappa shape index (κ3) is 2.82. The summed E-state index contributed by atoms with van der Waals surface area (Å²) >= 11 is 9.57. The number of nitrogens with zero attached hydrogens (tertiary/aromatic N) is 1. The first-order valence-corrected chi connectivity index (χ1v) is 8.05. The summed E-state index contributed by atoms with van der Waals surface area (Å²) in [5, 5.41) is 0.545. The van der Waals surface area contributed by atoms with Gasteiger partial charge in [-0.1, -0.05) is 34.0 Å². The standard InChI is InChI=1S/C15H17BrClNO/c16-12-4-5-14(17)13(7-12)15(19)18-8-10-2-1-3-11(6-10)9-18/h4-5,7,10-11H,1-3,6,8-9H2. The maximum absolute atomic E-state index is 12.6. The molecule has 2 atom stereocenters. The van der Waals surface area contributed by atoms with Crippen LogP contribution in [0.25, 0.3) is 0 Å². The summed E-state index contributed by atoms with van der Waals surface area (Å²) < 4.78 is 0.900. The molecule has 3 rings (SSSR count). The lowest BCUT2D eigenvalue weighted by Gasteiger charge is -2.41. The Morgan fingerprint density at radius 1 is 1.26 bits per heavy atom. The molecule has 1 aliphatic carbocycles. The first kappa shape index (κ1) is 13.4. The van der Waals surface area contributed by atoms with Crippen molar-refractivity contribution in [3.05, 3.63) is 33.3 Å². The fourth-order valence-electron chi connectivity index (χ4n) is 3.43. The topological polar surface area (TPSA) is 20.3 Å². The molecule has 1 aromatic rings. The van der Waals surface area contributed by atoms with Crippen molar-refractivity contribution in [3.8, 4) is 0 Å². The summed E-state index contributed by atoms with van der Waals surface area (Å²) in [5.74, 6) is 1.48. The Bertz CT molecular complexity index is 493. The number of hydrogen-bond donors (Lipinski definition) is 0. The third-order valence-electron chi connectivity index (χ3n) is 4.29. The molecule has 4 heteroatoms. The number of likely N-dealkylation sites (tertiary alicyclic amines) is 1. The van der Waals surface area contributed by atoms with E-state index >= 15 is 0 Å². The number of halogens is 2. The summed E-state index contributed by atoms with van der Waals surface area (Å²) in [4.78, 5) is 14.6. The zero-order valence-corrected chi connectivity index (χ0v) is 13.1. The van der Waals surface area contributed by atoms with E-state index in [9.17, 15) is 4.79 Å². The number of hydrogen-bond acceptors (Lipinski definition) is 1. The van der Waals surface area contributed by atoms with E-state index in [0.29, 0.717) is 22.4 Å². The first-order valence-electron chi connectivity index (χ1n) is 6.88. The van der Waals surface area contributed by atoms with Crippen molar-refractivity contribution < 1.29 is 4.79 Å². The van der Waals surface area contributed by atoms with Crippen LogP contribution in [0.2, 0.25) is 5.02 Å². The number of fused-ring (bicyclic) bond motifs is 2. The van der Waals surface area contributed by atoms with E-state index in [1.807, 2.05) is 17.0 Å². The lowest BCUT2D eigenvalue weighted by atomic mass is 9.78. The van der Waals surface area contributed by atoms with Crippen LogP contribution in [-0.2, 0) is 0 Å². The Morgan fingerprint density at radius 2 is 1.95 bits per heavy atom. The molecule has 1 aliphatic heterocycles. The second-order valence-electron chi connectivity index (χ2n) is 5.73. The minimum Gasteiger partial charge on any atom is -0.338 e. The van der Waals surface area contributed by atoms with Gasteiger partial charge in [-0.3, -0.25) is 4.79 Å². The molecule has 0 spiro atoms. The van der Waals surface area contributed by atoms with Gasteiger partial charge in [0, 0.05) is 17.6 Å². The highest BCUT2D eigenvalue weighted by molar-refractivity contribution is 9.10. The molecule has 1 heterocycles. The predicted molar refractivity (Wildman–Crippen MR) is 80.5 cm³/mol. The van der Waals surface area contributed by atoms with Crippen LogP contribution in [0.3, 0.4) is 0 Å². The Morgan fingerprint density at radius 3 is 2.63 bits per heavy atom. The minimum atomic E-state index is 0.0860. The number of carbonyl (C=O) groups is 1. The molecule has 0 N–H and O–H groups in total. The number of piperidine rings is 1. The molecule has 1 saturated heterocycles. The van der Waals surface area contributed by atoms with E-state index in [2.05, 4.69) is 15.9 Å². The van der Waals surface area contributed by atoms with Crippen molar-refractivity contribution in [2.24, 2.45) is 11.8 Å². The number of amides is 1. The Labute approximate surface area is 127 Å². The Balaban J connectivity index is 1.82. The zero-order valence-electron chi connectivity index (χ0n) is 10.7. The van der Waals surface area contributed by atoms with Gasteiger partial charge in [-0.2, -0.15) is 0 Å². The van der Waals surface area contributed by atoms with Crippen LogP contribution >= 0.6 is 27.5 Å². The second-order valence-corrected chi connectivity index (χ2v) is 7.06. The minimum absolute atomic E-state index is 0.0860. The predicted octanol–water partition coefficient (Wildman–Crippen LogP) is 4.36. The van der Waals surface area contributed by atoms with Gasteiger partial charge in [-0.15, -0.1) is 0 Å². The molecule has 102 valence electrons. The van der Waals surface area contributed by atoms with E-state index in [1.165, 1.54) is 25.7 Å². The van der Waals surface area contributed by atoms with Gasteiger partial charge in [0.15, 0.2) is 0 Å². The second kappa shape index (κ2) is 5.45. The van der Waals surface area contributed by atoms with Crippen LogP contribution in [-0.4, -0.2) is 23.9 Å². The third-order valence-corrected chi connectivity index (χ3v) is 5.12. The van der Waals surface area contributed by atoms with Gasteiger partial charge < -0.3 is 4.90 Å². The van der Waals surface area contributed by atoms with E-state index in [0.717, 1.165) is 17.6 Å². The Hall–Kier alpha value is -0.540. The lowest BCUT2D eigenvalue weighted by molar-refractivity contribution is 0.0504. The van der Waals surface area contributed by atoms with Gasteiger partial charge in [0.1, 0.15) is 0 Å². The number of benzene rings is 1. The monoisotopic (exact) mass is 341 g/mol. The first-order chi connectivity index (χ1) is 9.13. The van der Waals surface area contributed by atoms with Crippen LogP contribution < -0.4 is 0 Å². The lowest BCUT2D eigenvalue weighted by Crippen LogP contribution is -2.45. The largest absolute Gasteiger partial charge is 0.338 e. The van der Waals surface area contributed by atoms with Crippen LogP contribution in [0, 0.1) is 11.8 Å². The summed E-state index contributed by atoms with van der Waals surface area (Å²) in [7, 11) is 0. The van der Waals surface area contributed by atoms with Crippen molar-refractivity contribution in [1.82, 2.24) is 4.90 Å². The highest BCUT2D eigenvalue weighted by Crippen LogP contribution is 2.35. The molecule has 0 radical (unpaired) electrons. The molecule has 2 nitrogen and oxygen atoms in total. The van der Waals surface area contributed by atoms with Gasteiger partial charge >= 0.3 is 0 Å². The normalized spacial score (nSPS) is 26.3. The average molecular weight is 343 g/mol. The van der Waals surface area contributed by atoms with Crippen LogP contribution in [0.4, 0.5) is 0 Å². The summed E-state index contributed by atoms with van der Waals surface area (Å²) in [6.45, 7) is 1.80. The molecular weight excluding hydrogens is 326 g/mol. The summed E-state index contributed by atoms with van der Waals surface area (Å²) in [6.07, 6.45) is 5.17. The molecular formula is C15H17BrClNO. The highest BCUT2D eigenvalue weighted by Gasteiger charge is 2.33. The summed E-state index contributed by atoms with van der Waals surface area (Å²) in [6, 6.07) is 5.47. The van der Waals surface area contributed by atoms with Crippen molar-refractivity contribution in [2.45, 2.75) is 25.7 Å². The molecule has 1 saturated carbocycles. The molecule has 2 aliphatic rings. The number of rotatable bonds is 1. The summed E-state index contributed by atoms with van der Waals surface area (Å²) in [5.41, 5.74) is 0.621. The quantitative estimate of drug-likeness (QED) is 0.742. The zero-order chi connectivity index (χ0) is 13.4. The van der Waals surface area contributed by atoms with Crippen molar-refractivity contribution in [3.63, 3.8) is 0 Å². The van der Waals surface area contributed by atoms with Crippen LogP contribution in [0.5, 0.6) is 0 Å². The fraction of sp³-hybridized carbons (Fsp3) is 0.533. The van der Waals surface area contributed by atoms with Gasteiger partial charge in [0.05, 0.1) is 10.6 Å². The van der Waals surface area contributed by atoms with Gasteiger partial charge in [0.25, 0.3) is 5.91 Å². The maximum Gasteiger partial charge on any atom is 0.255 e. The van der Waals surface area contributed by atoms with Crippen LogP contribution in [0.15, 0.2) is 22.7 Å². The fourth-order valence-corrected chi connectivity index (χ4v) is 3.99. The van der Waals surface area contributed by atoms with E-state index in [1.54, 1.807) is 6.07 Å². The molecule has 1 amide bonds. The van der Waals surface area contributed by atoms with Crippen molar-refractivity contribution in [2.75, 3.05) is 13.1 Å². The highest BCUT2D eigenvalue weighted by atomic mass is 79.9. The van der Waals surface area contributed by atoms with Crippen LogP contribution in [0.1, 0.15) is 36.0 Å². The van der Waals surface area contributed by atoms with Gasteiger partial charge in [-0.05, 0) is 49.3 Å². The molecule has 2 bridgehead atoms. The van der Waals surface area contributed by atoms with Gasteiger partial charge in [-0.25, -0.2) is 0 Å². The van der Waals surface area contributed by atoms with E-state index in [-0.39, 0.29) is 5.91 Å². The van der Waals surface area contributed by atoms with Crippen molar-refractivity contribution in [1.29, 1.82) is 0 Å². The molecule has 2 fully saturated rings. The Kier molecular flexibility index (Phi) is 3.86. The number of carbonyl (C=O) groups excluding carboxylic acids is 1. The van der Waals surface area contributed by atoms with E-state index in [4.69, 9.17) is 11.6 Å². The van der Waals surface area contributed by atoms with Crippen molar-refractivity contribution >= 4 is 33.4 Å².